The second-order valence-electron chi connectivity index (χ2n) is 5.49. The maximum atomic E-state index is 12.9. The van der Waals surface area contributed by atoms with Crippen LogP contribution in [0.3, 0.4) is 0 Å². The third-order valence-corrected chi connectivity index (χ3v) is 3.75. The number of aromatic amines is 1. The number of nitrogens with one attached hydrogen (secondary N) is 2. The van der Waals surface area contributed by atoms with E-state index in [1.807, 2.05) is 6.07 Å². The van der Waals surface area contributed by atoms with Crippen LogP contribution < -0.4 is 14.9 Å². The number of carbonyl (C=O) groups is 1. The van der Waals surface area contributed by atoms with E-state index in [0.717, 1.165) is 5.56 Å². The Bertz CT molecular complexity index is 967. The Morgan fingerprint density at radius 2 is 1.85 bits per heavy atom. The Balaban J connectivity index is 1.69. The van der Waals surface area contributed by atoms with Crippen molar-refractivity contribution in [2.24, 2.45) is 5.10 Å². The van der Waals surface area contributed by atoms with E-state index in [-0.39, 0.29) is 11.5 Å². The van der Waals surface area contributed by atoms with E-state index in [2.05, 4.69) is 20.7 Å². The molecule has 1 amide bonds. The summed E-state index contributed by atoms with van der Waals surface area (Å²) in [6, 6.07) is 12.7. The zero-order chi connectivity index (χ0) is 19.2. The number of carbonyl (C=O) groups excluding carboxylic acids is 1. The molecule has 2 N–H and O–H groups in total. The molecule has 8 heteroatoms. The molecule has 0 saturated carbocycles. The van der Waals surface area contributed by atoms with Crippen molar-refractivity contribution >= 4 is 12.1 Å². The summed E-state index contributed by atoms with van der Waals surface area (Å²) in [6.07, 6.45) is 1.42. The first kappa shape index (κ1) is 18.1. The number of hydrazone groups is 1. The van der Waals surface area contributed by atoms with Gasteiger partial charge in [0.25, 0.3) is 5.91 Å². The van der Waals surface area contributed by atoms with Gasteiger partial charge < -0.3 is 9.47 Å². The first-order valence-electron chi connectivity index (χ1n) is 7.97. The molecule has 0 atom stereocenters. The van der Waals surface area contributed by atoms with Crippen LogP contribution in [0.1, 0.15) is 16.1 Å². The van der Waals surface area contributed by atoms with Gasteiger partial charge in [-0.3, -0.25) is 9.89 Å². The Hall–Kier alpha value is -3.68. The fourth-order valence-corrected chi connectivity index (χ4v) is 2.36. The van der Waals surface area contributed by atoms with Crippen molar-refractivity contribution in [1.82, 2.24) is 15.6 Å². The summed E-state index contributed by atoms with van der Waals surface area (Å²) in [5.41, 5.74) is 4.63. The zero-order valence-electron chi connectivity index (χ0n) is 14.7. The van der Waals surface area contributed by atoms with Crippen molar-refractivity contribution in [1.29, 1.82) is 0 Å². The number of aromatic nitrogens is 2. The lowest BCUT2D eigenvalue weighted by Gasteiger charge is -2.08. The number of rotatable bonds is 6. The second-order valence-corrected chi connectivity index (χ2v) is 5.49. The number of H-pyrrole nitrogens is 1. The van der Waals surface area contributed by atoms with Crippen molar-refractivity contribution < 1.29 is 18.7 Å². The number of ether oxygens (including phenoxy) is 2. The molecule has 0 aliphatic rings. The topological polar surface area (TPSA) is 88.6 Å². The molecule has 7 nitrogen and oxygen atoms in total. The van der Waals surface area contributed by atoms with Crippen molar-refractivity contribution in [2.45, 2.75) is 0 Å². The van der Waals surface area contributed by atoms with Crippen LogP contribution in [-0.2, 0) is 0 Å². The predicted molar refractivity (Wildman–Crippen MR) is 98.6 cm³/mol. The van der Waals surface area contributed by atoms with Crippen LogP contribution in [0.5, 0.6) is 11.5 Å². The molecule has 138 valence electrons. The van der Waals surface area contributed by atoms with Gasteiger partial charge in [0.15, 0.2) is 11.5 Å². The van der Waals surface area contributed by atoms with Crippen molar-refractivity contribution in [3.63, 3.8) is 0 Å². The molecule has 1 aromatic heterocycles. The summed E-state index contributed by atoms with van der Waals surface area (Å²) < 4.78 is 23.3. The van der Waals surface area contributed by atoms with Gasteiger partial charge >= 0.3 is 0 Å². The van der Waals surface area contributed by atoms with Gasteiger partial charge in [0.1, 0.15) is 11.5 Å². The number of hydrogen-bond donors (Lipinski definition) is 2. The predicted octanol–water partition coefficient (Wildman–Crippen LogP) is 3.00. The largest absolute Gasteiger partial charge is 0.493 e. The van der Waals surface area contributed by atoms with Gasteiger partial charge in [-0.15, -0.1) is 0 Å². The molecule has 27 heavy (non-hydrogen) atoms. The Morgan fingerprint density at radius 1 is 1.11 bits per heavy atom. The molecule has 0 unspecified atom stereocenters. The zero-order valence-corrected chi connectivity index (χ0v) is 14.7. The lowest BCUT2D eigenvalue weighted by atomic mass is 10.1. The standard InChI is InChI=1S/C19H17FN4O3/c1-26-17-8-5-13(9-18(17)27-2)15-10-16(23-22-15)19(25)24-21-11-12-3-6-14(20)7-4-12/h3-11H,1-2H3,(H,22,23)(H,24,25)/b21-11+. The van der Waals surface area contributed by atoms with E-state index in [4.69, 9.17) is 9.47 Å². The maximum absolute atomic E-state index is 12.9. The summed E-state index contributed by atoms with van der Waals surface area (Å²) in [5.74, 6) is 0.377. The molecule has 1 heterocycles. The van der Waals surface area contributed by atoms with Crippen LogP contribution in [0.4, 0.5) is 4.39 Å². The molecule has 0 radical (unpaired) electrons. The van der Waals surface area contributed by atoms with Gasteiger partial charge in [-0.05, 0) is 42.0 Å². The van der Waals surface area contributed by atoms with Gasteiger partial charge in [-0.2, -0.15) is 10.2 Å². The number of nitrogens with zero attached hydrogens (tertiary/aromatic N) is 2. The van der Waals surface area contributed by atoms with E-state index < -0.39 is 5.91 Å². The molecule has 0 bridgehead atoms. The van der Waals surface area contributed by atoms with Gasteiger partial charge in [0.05, 0.1) is 26.1 Å². The minimum atomic E-state index is -0.451. The second kappa shape index (κ2) is 8.13. The van der Waals surface area contributed by atoms with Gasteiger partial charge in [0, 0.05) is 5.56 Å². The normalized spacial score (nSPS) is 10.8. The Labute approximate surface area is 154 Å². The summed E-state index contributed by atoms with van der Waals surface area (Å²) >= 11 is 0. The van der Waals surface area contributed by atoms with Crippen LogP contribution in [0.15, 0.2) is 53.6 Å². The van der Waals surface area contributed by atoms with Crippen LogP contribution in [-0.4, -0.2) is 36.5 Å². The smallest absolute Gasteiger partial charge is 0.289 e. The fraction of sp³-hybridized carbons (Fsp3) is 0.105. The van der Waals surface area contributed by atoms with Crippen LogP contribution >= 0.6 is 0 Å². The lowest BCUT2D eigenvalue weighted by Crippen LogP contribution is -2.17. The molecule has 0 fully saturated rings. The number of halogens is 1. The molecule has 3 rings (SSSR count). The Kier molecular flexibility index (Phi) is 5.46. The van der Waals surface area contributed by atoms with Gasteiger partial charge in [-0.25, -0.2) is 9.82 Å². The highest BCUT2D eigenvalue weighted by Gasteiger charge is 2.12. The highest BCUT2D eigenvalue weighted by atomic mass is 19.1. The van der Waals surface area contributed by atoms with Gasteiger partial charge in [-0.1, -0.05) is 12.1 Å². The molecular formula is C19H17FN4O3. The Morgan fingerprint density at radius 3 is 2.56 bits per heavy atom. The monoisotopic (exact) mass is 368 g/mol. The van der Waals surface area contributed by atoms with Crippen molar-refractivity contribution in [3.05, 3.63) is 65.6 Å². The molecule has 0 spiro atoms. The van der Waals surface area contributed by atoms with Crippen LogP contribution in [0.2, 0.25) is 0 Å². The fourth-order valence-electron chi connectivity index (χ4n) is 2.36. The molecular weight excluding hydrogens is 351 g/mol. The summed E-state index contributed by atoms with van der Waals surface area (Å²) in [5, 5.41) is 10.7. The van der Waals surface area contributed by atoms with Gasteiger partial charge in [0.2, 0.25) is 0 Å². The van der Waals surface area contributed by atoms with Crippen molar-refractivity contribution in [2.75, 3.05) is 14.2 Å². The van der Waals surface area contributed by atoms with E-state index in [0.29, 0.717) is 22.8 Å². The van der Waals surface area contributed by atoms with E-state index >= 15 is 0 Å². The van der Waals surface area contributed by atoms with E-state index in [9.17, 15) is 9.18 Å². The first-order chi connectivity index (χ1) is 13.1. The summed E-state index contributed by atoms with van der Waals surface area (Å²) in [6.45, 7) is 0. The lowest BCUT2D eigenvalue weighted by molar-refractivity contribution is 0.0950. The molecule has 2 aromatic carbocycles. The van der Waals surface area contributed by atoms with Crippen LogP contribution in [0.25, 0.3) is 11.3 Å². The third kappa shape index (κ3) is 4.30. The minimum absolute atomic E-state index is 0.246. The average molecular weight is 368 g/mol. The number of hydrogen-bond acceptors (Lipinski definition) is 5. The highest BCUT2D eigenvalue weighted by molar-refractivity contribution is 5.94. The number of benzene rings is 2. The SMILES string of the molecule is COc1ccc(-c2cc(C(=O)N/N=C/c3ccc(F)cc3)[nH]n2)cc1OC. The first-order valence-corrected chi connectivity index (χ1v) is 7.97. The van der Waals surface area contributed by atoms with E-state index in [1.54, 1.807) is 44.6 Å². The molecule has 0 aliphatic carbocycles. The molecule has 3 aromatic rings. The maximum Gasteiger partial charge on any atom is 0.289 e. The molecule has 0 aliphatic heterocycles. The third-order valence-electron chi connectivity index (χ3n) is 3.75. The van der Waals surface area contributed by atoms with E-state index in [1.165, 1.54) is 18.3 Å². The quantitative estimate of drug-likeness (QED) is 0.517. The van der Waals surface area contributed by atoms with Crippen LogP contribution in [0, 0.1) is 5.82 Å². The molecule has 0 saturated heterocycles. The minimum Gasteiger partial charge on any atom is -0.493 e. The van der Waals surface area contributed by atoms with Crippen molar-refractivity contribution in [3.8, 4) is 22.8 Å². The number of amides is 1. The number of methoxy groups -OCH3 is 2. The average Bonchev–Trinajstić information content (AvgIpc) is 3.19. The highest BCUT2D eigenvalue weighted by Crippen LogP contribution is 2.31. The summed E-state index contributed by atoms with van der Waals surface area (Å²) in [7, 11) is 3.10. The summed E-state index contributed by atoms with van der Waals surface area (Å²) in [4.78, 5) is 12.2.